The standard InChI is InChI=1S/C2H6O.2BrH.Ni/c1-3-2;;;/h1-2H3;2*1H;/q;;;+2/p-2. The fraction of sp³-hybridized carbons (Fsp3) is 1.00. The van der Waals surface area contributed by atoms with Crippen LogP contribution in [0.15, 0.2) is 0 Å². The first-order valence-electron chi connectivity index (χ1n) is 0.816. The van der Waals surface area contributed by atoms with Crippen LogP contribution < -0.4 is 34.0 Å². The second-order valence-corrected chi connectivity index (χ2v) is 0.408. The van der Waals surface area contributed by atoms with E-state index in [1.54, 1.807) is 14.2 Å². The molecule has 0 unspecified atom stereocenters. The Hall–Kier alpha value is 1.41. The Balaban J connectivity index is -0.00000000667. The molecule has 0 atom stereocenters. The van der Waals surface area contributed by atoms with Gasteiger partial charge in [0.2, 0.25) is 0 Å². The molecular weight excluding hydrogens is 259 g/mol. The zero-order valence-corrected chi connectivity index (χ0v) is 7.64. The molecule has 0 N–H and O–H groups in total. The van der Waals surface area contributed by atoms with Gasteiger partial charge in [0.25, 0.3) is 0 Å². The van der Waals surface area contributed by atoms with E-state index in [0.717, 1.165) is 0 Å². The van der Waals surface area contributed by atoms with Crippen molar-refractivity contribution in [2.45, 2.75) is 0 Å². The van der Waals surface area contributed by atoms with E-state index in [2.05, 4.69) is 4.74 Å². The number of methoxy groups -OCH3 is 1. The van der Waals surface area contributed by atoms with Crippen molar-refractivity contribution in [1.82, 2.24) is 0 Å². The molecule has 0 heterocycles. The summed E-state index contributed by atoms with van der Waals surface area (Å²) in [5, 5.41) is 0. The Labute approximate surface area is 69.3 Å². The molecule has 0 aromatic rings. The minimum atomic E-state index is 0. The molecule has 0 saturated carbocycles. The summed E-state index contributed by atoms with van der Waals surface area (Å²) in [6, 6.07) is 0. The molecule has 0 fully saturated rings. The SMILES string of the molecule is COC.[Br-].[Br-].[Ni+2]. The van der Waals surface area contributed by atoms with Crippen LogP contribution in [-0.4, -0.2) is 14.2 Å². The molecule has 44 valence electrons. The van der Waals surface area contributed by atoms with Gasteiger partial charge in [-0.2, -0.15) is 0 Å². The average molecular weight is 265 g/mol. The van der Waals surface area contributed by atoms with Crippen molar-refractivity contribution in [1.29, 1.82) is 0 Å². The molecule has 0 saturated heterocycles. The molecule has 0 aromatic carbocycles. The summed E-state index contributed by atoms with van der Waals surface area (Å²) >= 11 is 0. The average Bonchev–Trinajstić information content (AvgIpc) is 0.918. The Morgan fingerprint density at radius 2 is 1.00 bits per heavy atom. The topological polar surface area (TPSA) is 9.23 Å². The number of rotatable bonds is 0. The molecule has 6 heavy (non-hydrogen) atoms. The van der Waals surface area contributed by atoms with Crippen LogP contribution in [0.1, 0.15) is 0 Å². The third-order valence-electron chi connectivity index (χ3n) is 0. The first kappa shape index (κ1) is 26.2. The molecule has 0 rings (SSSR count). The summed E-state index contributed by atoms with van der Waals surface area (Å²) in [4.78, 5) is 0. The molecule has 0 aliphatic rings. The number of hydrogen-bond acceptors (Lipinski definition) is 1. The zero-order chi connectivity index (χ0) is 2.71. The second kappa shape index (κ2) is 32.3. The van der Waals surface area contributed by atoms with E-state index in [1.807, 2.05) is 0 Å². The van der Waals surface area contributed by atoms with E-state index >= 15 is 0 Å². The quantitative estimate of drug-likeness (QED) is 0.396. The van der Waals surface area contributed by atoms with Crippen molar-refractivity contribution in [3.8, 4) is 0 Å². The molecule has 0 aliphatic heterocycles. The molecule has 0 bridgehead atoms. The zero-order valence-electron chi connectivity index (χ0n) is 3.48. The minimum absolute atomic E-state index is 0. The fourth-order valence-corrected chi connectivity index (χ4v) is 0. The van der Waals surface area contributed by atoms with Crippen LogP contribution >= 0.6 is 0 Å². The van der Waals surface area contributed by atoms with Gasteiger partial charge in [-0.1, -0.05) is 0 Å². The van der Waals surface area contributed by atoms with E-state index in [9.17, 15) is 0 Å². The number of hydrogen-bond donors (Lipinski definition) is 0. The predicted octanol–water partition coefficient (Wildman–Crippen LogP) is -5.73. The van der Waals surface area contributed by atoms with E-state index in [4.69, 9.17) is 0 Å². The van der Waals surface area contributed by atoms with Crippen LogP contribution in [0.2, 0.25) is 0 Å². The van der Waals surface area contributed by atoms with Crippen LogP contribution in [0.3, 0.4) is 0 Å². The fourth-order valence-electron chi connectivity index (χ4n) is 0. The Morgan fingerprint density at radius 3 is 1.00 bits per heavy atom. The summed E-state index contributed by atoms with van der Waals surface area (Å²) < 4.78 is 4.25. The van der Waals surface area contributed by atoms with Gasteiger partial charge in [0.15, 0.2) is 0 Å². The van der Waals surface area contributed by atoms with Crippen molar-refractivity contribution in [2.24, 2.45) is 0 Å². The Kier molecular flexibility index (Phi) is 141. The van der Waals surface area contributed by atoms with Gasteiger partial charge < -0.3 is 38.7 Å². The van der Waals surface area contributed by atoms with E-state index < -0.39 is 0 Å². The first-order valence-corrected chi connectivity index (χ1v) is 0.816. The summed E-state index contributed by atoms with van der Waals surface area (Å²) in [5.41, 5.74) is 0. The van der Waals surface area contributed by atoms with Crippen molar-refractivity contribution in [2.75, 3.05) is 14.2 Å². The minimum Gasteiger partial charge on any atom is -1.00 e. The van der Waals surface area contributed by atoms with E-state index in [1.165, 1.54) is 0 Å². The first-order chi connectivity index (χ1) is 1.41. The monoisotopic (exact) mass is 262 g/mol. The summed E-state index contributed by atoms with van der Waals surface area (Å²) in [6.07, 6.45) is 0. The van der Waals surface area contributed by atoms with Crippen LogP contribution in [0, 0.1) is 0 Å². The van der Waals surface area contributed by atoms with Gasteiger partial charge in [-0.15, -0.1) is 0 Å². The number of halogens is 2. The van der Waals surface area contributed by atoms with E-state index in [0.29, 0.717) is 0 Å². The van der Waals surface area contributed by atoms with Gasteiger partial charge in [0, 0.05) is 14.2 Å². The van der Waals surface area contributed by atoms with Gasteiger partial charge in [-0.25, -0.2) is 0 Å². The number of ether oxygens (including phenoxy) is 1. The molecule has 0 spiro atoms. The smallest absolute Gasteiger partial charge is 1.00 e. The molecule has 4 heteroatoms. The summed E-state index contributed by atoms with van der Waals surface area (Å²) in [7, 11) is 3.25. The molecule has 0 aliphatic carbocycles. The van der Waals surface area contributed by atoms with Crippen LogP contribution in [-0.2, 0) is 21.2 Å². The molecule has 0 amide bonds. The molecule has 0 radical (unpaired) electrons. The molecule has 0 aromatic heterocycles. The third-order valence-corrected chi connectivity index (χ3v) is 0. The molecular formula is C2H6Br2NiO. The largest absolute Gasteiger partial charge is 2.00 e. The molecule has 1 nitrogen and oxygen atoms in total. The van der Waals surface area contributed by atoms with Crippen molar-refractivity contribution < 1.29 is 55.2 Å². The summed E-state index contributed by atoms with van der Waals surface area (Å²) in [6.45, 7) is 0. The van der Waals surface area contributed by atoms with Crippen LogP contribution in [0.4, 0.5) is 0 Å². The van der Waals surface area contributed by atoms with Gasteiger partial charge in [0.05, 0.1) is 0 Å². The van der Waals surface area contributed by atoms with Crippen LogP contribution in [0.5, 0.6) is 0 Å². The van der Waals surface area contributed by atoms with Gasteiger partial charge in [-0.3, -0.25) is 0 Å². The maximum atomic E-state index is 4.25. The Morgan fingerprint density at radius 1 is 1.00 bits per heavy atom. The van der Waals surface area contributed by atoms with Gasteiger partial charge >= 0.3 is 16.5 Å². The van der Waals surface area contributed by atoms with Gasteiger partial charge in [-0.05, 0) is 0 Å². The third kappa shape index (κ3) is 52.8. The van der Waals surface area contributed by atoms with Crippen LogP contribution in [0.25, 0.3) is 0 Å². The predicted molar refractivity (Wildman–Crippen MR) is 12.9 cm³/mol. The second-order valence-electron chi connectivity index (χ2n) is 0.408. The van der Waals surface area contributed by atoms with Crippen molar-refractivity contribution >= 4 is 0 Å². The van der Waals surface area contributed by atoms with Crippen molar-refractivity contribution in [3.63, 3.8) is 0 Å². The van der Waals surface area contributed by atoms with E-state index in [-0.39, 0.29) is 50.5 Å². The summed E-state index contributed by atoms with van der Waals surface area (Å²) in [5.74, 6) is 0. The van der Waals surface area contributed by atoms with Gasteiger partial charge in [0.1, 0.15) is 0 Å². The maximum absolute atomic E-state index is 4.25. The Bertz CT molecular complexity index is 11.5. The van der Waals surface area contributed by atoms with Crippen molar-refractivity contribution in [3.05, 3.63) is 0 Å². The normalized spacial score (nSPS) is 3.00. The maximum Gasteiger partial charge on any atom is 2.00 e.